The fraction of sp³-hybridized carbons (Fsp3) is 0.556. The summed E-state index contributed by atoms with van der Waals surface area (Å²) in [6.07, 6.45) is 6.31. The average Bonchev–Trinajstić information content (AvgIpc) is 3.24. The SMILES string of the molecule is CN(Cc1ccc(-c2nn[nH]n2)cc1)C(=O)CC1CCC2(CCC2)O1. The number of tetrazole rings is 1. The molecule has 2 aliphatic rings. The van der Waals surface area contributed by atoms with Crippen molar-refractivity contribution in [1.29, 1.82) is 0 Å². The standard InChI is InChI=1S/C18H23N5O2/c1-23(16(24)11-15-7-10-18(25-15)8-2-9-18)12-13-3-5-14(6-4-13)17-19-21-22-20-17/h3-6,15H,2,7-12H2,1H3,(H,19,20,21,22). The lowest BCUT2D eigenvalue weighted by Gasteiger charge is -2.38. The molecule has 1 aromatic heterocycles. The predicted octanol–water partition coefficient (Wildman–Crippen LogP) is 2.32. The van der Waals surface area contributed by atoms with Gasteiger partial charge in [0.25, 0.3) is 0 Å². The van der Waals surface area contributed by atoms with Gasteiger partial charge in [-0.1, -0.05) is 24.3 Å². The number of aromatic amines is 1. The number of hydrogen-bond donors (Lipinski definition) is 1. The minimum absolute atomic E-state index is 0.0934. The Hall–Kier alpha value is -2.28. The molecule has 1 saturated heterocycles. The van der Waals surface area contributed by atoms with Gasteiger partial charge in [-0.3, -0.25) is 4.79 Å². The largest absolute Gasteiger partial charge is 0.371 e. The highest BCUT2D eigenvalue weighted by molar-refractivity contribution is 5.76. The summed E-state index contributed by atoms with van der Waals surface area (Å²) in [6.45, 7) is 0.587. The Labute approximate surface area is 146 Å². The van der Waals surface area contributed by atoms with Gasteiger partial charge >= 0.3 is 0 Å². The molecule has 1 amide bonds. The smallest absolute Gasteiger partial charge is 0.225 e. The highest BCUT2D eigenvalue weighted by atomic mass is 16.5. The molecule has 1 spiro atoms. The van der Waals surface area contributed by atoms with Crippen LogP contribution in [0.2, 0.25) is 0 Å². The van der Waals surface area contributed by atoms with Crippen LogP contribution in [-0.4, -0.2) is 50.2 Å². The minimum Gasteiger partial charge on any atom is -0.371 e. The van der Waals surface area contributed by atoms with Crippen molar-refractivity contribution in [3.8, 4) is 11.4 Å². The summed E-state index contributed by atoms with van der Waals surface area (Å²) in [5, 5.41) is 13.9. The Kier molecular flexibility index (Phi) is 4.25. The minimum atomic E-state index is 0.0934. The number of benzene rings is 1. The first-order chi connectivity index (χ1) is 12.1. The molecule has 1 unspecified atom stereocenters. The van der Waals surface area contributed by atoms with Crippen LogP contribution < -0.4 is 0 Å². The third-order valence-corrected chi connectivity index (χ3v) is 5.41. The zero-order valence-corrected chi connectivity index (χ0v) is 14.4. The number of nitrogens with one attached hydrogen (secondary N) is 1. The lowest BCUT2D eigenvalue weighted by Crippen LogP contribution is -2.37. The number of aromatic nitrogens is 4. The molecule has 1 atom stereocenters. The van der Waals surface area contributed by atoms with Gasteiger partial charge in [0.05, 0.1) is 18.1 Å². The van der Waals surface area contributed by atoms with Crippen LogP contribution in [0.1, 0.15) is 44.1 Å². The van der Waals surface area contributed by atoms with Crippen molar-refractivity contribution in [2.24, 2.45) is 0 Å². The molecular weight excluding hydrogens is 318 g/mol. The van der Waals surface area contributed by atoms with E-state index in [1.807, 2.05) is 31.3 Å². The maximum atomic E-state index is 12.5. The van der Waals surface area contributed by atoms with Gasteiger partial charge in [0.2, 0.25) is 11.7 Å². The molecule has 7 nitrogen and oxygen atoms in total. The van der Waals surface area contributed by atoms with Crippen LogP contribution in [0.3, 0.4) is 0 Å². The van der Waals surface area contributed by atoms with Gasteiger partial charge in [-0.15, -0.1) is 10.2 Å². The van der Waals surface area contributed by atoms with Crippen molar-refractivity contribution in [2.75, 3.05) is 7.05 Å². The monoisotopic (exact) mass is 341 g/mol. The highest BCUT2D eigenvalue weighted by Crippen LogP contribution is 2.46. The summed E-state index contributed by atoms with van der Waals surface area (Å²) in [6, 6.07) is 7.87. The fourth-order valence-electron chi connectivity index (χ4n) is 3.73. The zero-order chi connectivity index (χ0) is 17.3. The third kappa shape index (κ3) is 3.42. The second kappa shape index (κ2) is 6.55. The van der Waals surface area contributed by atoms with E-state index in [1.54, 1.807) is 4.90 Å². The summed E-state index contributed by atoms with van der Waals surface area (Å²) in [5.74, 6) is 0.711. The van der Waals surface area contributed by atoms with Crippen molar-refractivity contribution >= 4 is 5.91 Å². The molecule has 0 bridgehead atoms. The van der Waals surface area contributed by atoms with Crippen molar-refractivity contribution in [2.45, 2.75) is 56.8 Å². The van der Waals surface area contributed by atoms with Crippen LogP contribution in [0, 0.1) is 0 Å². The molecule has 0 radical (unpaired) electrons. The highest BCUT2D eigenvalue weighted by Gasteiger charge is 2.45. The normalized spacial score (nSPS) is 21.2. The predicted molar refractivity (Wildman–Crippen MR) is 91.4 cm³/mol. The van der Waals surface area contributed by atoms with Crippen LogP contribution in [0.5, 0.6) is 0 Å². The molecule has 132 valence electrons. The topological polar surface area (TPSA) is 84.0 Å². The molecule has 1 aliphatic heterocycles. The first kappa shape index (κ1) is 16.2. The van der Waals surface area contributed by atoms with E-state index in [2.05, 4.69) is 20.6 Å². The molecule has 2 aromatic rings. The molecule has 1 saturated carbocycles. The van der Waals surface area contributed by atoms with Gasteiger partial charge in [0.1, 0.15) is 0 Å². The average molecular weight is 341 g/mol. The number of rotatable bonds is 5. The molecule has 2 fully saturated rings. The zero-order valence-electron chi connectivity index (χ0n) is 14.4. The Balaban J connectivity index is 1.30. The Morgan fingerprint density at radius 1 is 1.32 bits per heavy atom. The number of H-pyrrole nitrogens is 1. The van der Waals surface area contributed by atoms with E-state index in [-0.39, 0.29) is 17.6 Å². The number of amides is 1. The van der Waals surface area contributed by atoms with Crippen molar-refractivity contribution in [3.05, 3.63) is 29.8 Å². The second-order valence-corrected chi connectivity index (χ2v) is 7.20. The summed E-state index contributed by atoms with van der Waals surface area (Å²) in [5.41, 5.74) is 2.09. The lowest BCUT2D eigenvalue weighted by atomic mass is 9.78. The maximum Gasteiger partial charge on any atom is 0.225 e. The molecule has 1 N–H and O–H groups in total. The molecule has 2 heterocycles. The van der Waals surface area contributed by atoms with Crippen LogP contribution in [0.25, 0.3) is 11.4 Å². The Morgan fingerprint density at radius 3 is 2.72 bits per heavy atom. The van der Waals surface area contributed by atoms with Gasteiger partial charge in [0, 0.05) is 19.2 Å². The van der Waals surface area contributed by atoms with Gasteiger partial charge < -0.3 is 9.64 Å². The summed E-state index contributed by atoms with van der Waals surface area (Å²) >= 11 is 0. The van der Waals surface area contributed by atoms with E-state index in [4.69, 9.17) is 4.74 Å². The van der Waals surface area contributed by atoms with Gasteiger partial charge in [-0.2, -0.15) is 5.21 Å². The van der Waals surface area contributed by atoms with Gasteiger partial charge in [-0.05, 0) is 42.9 Å². The van der Waals surface area contributed by atoms with E-state index in [0.29, 0.717) is 18.8 Å². The summed E-state index contributed by atoms with van der Waals surface area (Å²) in [7, 11) is 1.85. The number of ether oxygens (including phenoxy) is 1. The summed E-state index contributed by atoms with van der Waals surface area (Å²) in [4.78, 5) is 14.3. The third-order valence-electron chi connectivity index (χ3n) is 5.41. The van der Waals surface area contributed by atoms with E-state index >= 15 is 0 Å². The van der Waals surface area contributed by atoms with Crippen molar-refractivity contribution in [1.82, 2.24) is 25.5 Å². The van der Waals surface area contributed by atoms with E-state index in [0.717, 1.165) is 24.0 Å². The second-order valence-electron chi connectivity index (χ2n) is 7.20. The molecule has 1 aromatic carbocycles. The van der Waals surface area contributed by atoms with Crippen LogP contribution in [0.4, 0.5) is 0 Å². The Bertz CT molecular complexity index is 724. The van der Waals surface area contributed by atoms with E-state index in [1.165, 1.54) is 19.3 Å². The molecule has 4 rings (SSSR count). The van der Waals surface area contributed by atoms with Crippen molar-refractivity contribution in [3.63, 3.8) is 0 Å². The lowest BCUT2D eigenvalue weighted by molar-refractivity contribution is -0.137. The Morgan fingerprint density at radius 2 is 2.12 bits per heavy atom. The molecule has 7 heteroatoms. The van der Waals surface area contributed by atoms with Crippen LogP contribution in [0.15, 0.2) is 24.3 Å². The number of carbonyl (C=O) groups is 1. The number of hydrogen-bond acceptors (Lipinski definition) is 5. The number of carbonyl (C=O) groups excluding carboxylic acids is 1. The molecule has 1 aliphatic carbocycles. The number of nitrogens with zero attached hydrogens (tertiary/aromatic N) is 4. The molecule has 25 heavy (non-hydrogen) atoms. The van der Waals surface area contributed by atoms with E-state index in [9.17, 15) is 4.79 Å². The van der Waals surface area contributed by atoms with E-state index < -0.39 is 0 Å². The van der Waals surface area contributed by atoms with Crippen LogP contribution >= 0.6 is 0 Å². The fourth-order valence-corrected chi connectivity index (χ4v) is 3.73. The quantitative estimate of drug-likeness (QED) is 0.902. The first-order valence-electron chi connectivity index (χ1n) is 8.88. The molecular formula is C18H23N5O2. The van der Waals surface area contributed by atoms with Crippen LogP contribution in [-0.2, 0) is 16.1 Å². The summed E-state index contributed by atoms with van der Waals surface area (Å²) < 4.78 is 6.14. The van der Waals surface area contributed by atoms with Crippen molar-refractivity contribution < 1.29 is 9.53 Å². The maximum absolute atomic E-state index is 12.5. The van der Waals surface area contributed by atoms with Gasteiger partial charge in [-0.25, -0.2) is 0 Å². The first-order valence-corrected chi connectivity index (χ1v) is 8.88. The van der Waals surface area contributed by atoms with Gasteiger partial charge in [0.15, 0.2) is 0 Å².